The molecule has 2 fully saturated rings. The van der Waals surface area contributed by atoms with Crippen LogP contribution in [0, 0.1) is 6.92 Å². The first-order valence-electron chi connectivity index (χ1n) is 10.5. The highest BCUT2D eigenvalue weighted by Gasteiger charge is 2.36. The van der Waals surface area contributed by atoms with Gasteiger partial charge in [0.05, 0.1) is 21.9 Å². The molecule has 2 saturated heterocycles. The van der Waals surface area contributed by atoms with Gasteiger partial charge in [-0.15, -0.1) is 0 Å². The molecule has 2 aliphatic heterocycles. The zero-order chi connectivity index (χ0) is 21.1. The number of rotatable bonds is 2. The highest BCUT2D eigenvalue weighted by atomic mass is 79.9. The van der Waals surface area contributed by atoms with Crippen LogP contribution < -0.4 is 4.90 Å². The quantitative estimate of drug-likeness (QED) is 0.439. The molecule has 0 aliphatic carbocycles. The molecule has 1 atom stereocenters. The van der Waals surface area contributed by atoms with Crippen LogP contribution in [0.15, 0.2) is 47.2 Å². The predicted molar refractivity (Wildman–Crippen MR) is 123 cm³/mol. The van der Waals surface area contributed by atoms with Gasteiger partial charge in [-0.3, -0.25) is 9.78 Å². The van der Waals surface area contributed by atoms with E-state index in [1.807, 2.05) is 46.9 Å². The molecular formula is C23H21BrN6O. The SMILES string of the molecule is Cc1c(Br)c(N2CCN3C(=O)CCC3C2)nc2c(-c3cnc4ccccc4c3)cnn12. The number of nitrogens with zero attached hydrogens (tertiary/aromatic N) is 6. The van der Waals surface area contributed by atoms with Crippen molar-refractivity contribution < 1.29 is 4.79 Å². The lowest BCUT2D eigenvalue weighted by Gasteiger charge is -2.38. The summed E-state index contributed by atoms with van der Waals surface area (Å²) in [5.41, 5.74) is 4.76. The van der Waals surface area contributed by atoms with Gasteiger partial charge in [-0.2, -0.15) is 5.10 Å². The minimum Gasteiger partial charge on any atom is -0.352 e. The summed E-state index contributed by atoms with van der Waals surface area (Å²) < 4.78 is 2.83. The van der Waals surface area contributed by atoms with Gasteiger partial charge in [-0.05, 0) is 41.4 Å². The van der Waals surface area contributed by atoms with E-state index in [9.17, 15) is 4.79 Å². The standard InChI is InChI=1S/C23H21BrN6O/c1-14-21(24)23(28-8-9-29-17(13-28)6-7-20(29)31)27-22-18(12-26-30(14)22)16-10-15-4-2-3-5-19(15)25-11-16/h2-5,10-12,17H,6-9,13H2,1H3. The van der Waals surface area contributed by atoms with E-state index in [2.05, 4.69) is 43.0 Å². The molecule has 3 aromatic heterocycles. The summed E-state index contributed by atoms with van der Waals surface area (Å²) in [5, 5.41) is 5.70. The molecule has 1 unspecified atom stereocenters. The minimum absolute atomic E-state index is 0.278. The lowest BCUT2D eigenvalue weighted by molar-refractivity contribution is -0.129. The van der Waals surface area contributed by atoms with Crippen LogP contribution in [0.2, 0.25) is 0 Å². The van der Waals surface area contributed by atoms with Gasteiger partial charge in [-0.25, -0.2) is 9.50 Å². The number of hydrogen-bond donors (Lipinski definition) is 0. The Labute approximate surface area is 187 Å². The Morgan fingerprint density at radius 2 is 2.03 bits per heavy atom. The summed E-state index contributed by atoms with van der Waals surface area (Å²) in [6, 6.07) is 10.5. The monoisotopic (exact) mass is 476 g/mol. The van der Waals surface area contributed by atoms with Gasteiger partial charge in [0, 0.05) is 54.8 Å². The molecule has 31 heavy (non-hydrogen) atoms. The van der Waals surface area contributed by atoms with Crippen LogP contribution in [-0.4, -0.2) is 56.1 Å². The largest absolute Gasteiger partial charge is 0.352 e. The van der Waals surface area contributed by atoms with Crippen LogP contribution in [0.25, 0.3) is 27.7 Å². The molecule has 4 aromatic rings. The Morgan fingerprint density at radius 3 is 2.94 bits per heavy atom. The van der Waals surface area contributed by atoms with Gasteiger partial charge in [0.2, 0.25) is 5.91 Å². The lowest BCUT2D eigenvalue weighted by atomic mass is 10.1. The van der Waals surface area contributed by atoms with Crippen LogP contribution in [0.5, 0.6) is 0 Å². The Hall–Kier alpha value is -3.00. The number of aromatic nitrogens is 4. The third kappa shape index (κ3) is 2.92. The van der Waals surface area contributed by atoms with Crippen LogP contribution in [0.4, 0.5) is 5.82 Å². The van der Waals surface area contributed by atoms with E-state index in [-0.39, 0.29) is 11.9 Å². The molecule has 7 nitrogen and oxygen atoms in total. The van der Waals surface area contributed by atoms with Crippen molar-refractivity contribution in [3.05, 3.63) is 52.9 Å². The maximum atomic E-state index is 12.1. The molecule has 1 amide bonds. The van der Waals surface area contributed by atoms with Crippen molar-refractivity contribution in [2.75, 3.05) is 24.5 Å². The highest BCUT2D eigenvalue weighted by Crippen LogP contribution is 2.35. The van der Waals surface area contributed by atoms with Crippen LogP contribution in [-0.2, 0) is 4.79 Å². The molecule has 2 aliphatic rings. The fourth-order valence-corrected chi connectivity index (χ4v) is 5.29. The van der Waals surface area contributed by atoms with E-state index < -0.39 is 0 Å². The first-order chi connectivity index (χ1) is 15.1. The molecule has 6 rings (SSSR count). The molecule has 0 saturated carbocycles. The zero-order valence-corrected chi connectivity index (χ0v) is 18.7. The average Bonchev–Trinajstić information content (AvgIpc) is 3.39. The van der Waals surface area contributed by atoms with Gasteiger partial charge < -0.3 is 9.80 Å². The lowest BCUT2D eigenvalue weighted by Crippen LogP contribution is -2.51. The zero-order valence-electron chi connectivity index (χ0n) is 17.1. The molecule has 0 radical (unpaired) electrons. The van der Waals surface area contributed by atoms with E-state index in [1.165, 1.54) is 0 Å². The van der Waals surface area contributed by atoms with Gasteiger partial charge in [0.1, 0.15) is 5.82 Å². The topological polar surface area (TPSA) is 66.6 Å². The summed E-state index contributed by atoms with van der Waals surface area (Å²) in [6.07, 6.45) is 5.34. The number of piperazine rings is 1. The third-order valence-corrected chi connectivity index (χ3v) is 7.41. The number of carbonyl (C=O) groups is 1. The Balaban J connectivity index is 1.45. The van der Waals surface area contributed by atoms with E-state index in [4.69, 9.17) is 4.98 Å². The van der Waals surface area contributed by atoms with Crippen LogP contribution in [0.1, 0.15) is 18.5 Å². The van der Waals surface area contributed by atoms with E-state index in [0.717, 1.165) is 69.7 Å². The Bertz CT molecular complexity index is 1350. The second-order valence-electron chi connectivity index (χ2n) is 8.27. The maximum Gasteiger partial charge on any atom is 0.223 e. The summed E-state index contributed by atoms with van der Waals surface area (Å²) in [6.45, 7) is 4.40. The van der Waals surface area contributed by atoms with E-state index in [0.29, 0.717) is 6.42 Å². The highest BCUT2D eigenvalue weighted by molar-refractivity contribution is 9.10. The van der Waals surface area contributed by atoms with Crippen molar-refractivity contribution in [3.8, 4) is 11.1 Å². The number of amides is 1. The summed E-state index contributed by atoms with van der Waals surface area (Å²) >= 11 is 3.76. The number of para-hydroxylation sites is 1. The number of halogens is 1. The molecule has 1 aromatic carbocycles. The first-order valence-corrected chi connectivity index (χ1v) is 11.3. The normalized spacial score (nSPS) is 18.9. The van der Waals surface area contributed by atoms with Crippen molar-refractivity contribution in [1.29, 1.82) is 0 Å². The number of benzene rings is 1. The first kappa shape index (κ1) is 18.7. The number of fused-ring (bicyclic) bond motifs is 3. The van der Waals surface area contributed by atoms with Gasteiger partial charge in [-0.1, -0.05) is 18.2 Å². The molecule has 0 N–H and O–H groups in total. The van der Waals surface area contributed by atoms with Gasteiger partial charge >= 0.3 is 0 Å². The molecule has 156 valence electrons. The summed E-state index contributed by atoms with van der Waals surface area (Å²) in [7, 11) is 0. The third-order valence-electron chi connectivity index (χ3n) is 6.48. The molecule has 0 spiro atoms. The molecule has 5 heterocycles. The van der Waals surface area contributed by atoms with E-state index in [1.54, 1.807) is 0 Å². The van der Waals surface area contributed by atoms with Crippen molar-refractivity contribution in [3.63, 3.8) is 0 Å². The average molecular weight is 477 g/mol. The number of aryl methyl sites for hydroxylation is 1. The molecule has 8 heteroatoms. The number of pyridine rings is 1. The predicted octanol–water partition coefficient (Wildman–Crippen LogP) is 3.83. The van der Waals surface area contributed by atoms with Crippen LogP contribution in [0.3, 0.4) is 0 Å². The van der Waals surface area contributed by atoms with Crippen LogP contribution >= 0.6 is 15.9 Å². The smallest absolute Gasteiger partial charge is 0.223 e. The second kappa shape index (κ2) is 7.02. The number of anilines is 1. The van der Waals surface area contributed by atoms with Crippen molar-refractivity contribution in [2.45, 2.75) is 25.8 Å². The minimum atomic E-state index is 0.278. The van der Waals surface area contributed by atoms with Gasteiger partial charge in [0.15, 0.2) is 5.65 Å². The number of hydrogen-bond acceptors (Lipinski definition) is 5. The summed E-state index contributed by atoms with van der Waals surface area (Å²) in [5.74, 6) is 1.20. The maximum absolute atomic E-state index is 12.1. The van der Waals surface area contributed by atoms with Gasteiger partial charge in [0.25, 0.3) is 0 Å². The summed E-state index contributed by atoms with van der Waals surface area (Å²) in [4.78, 5) is 26.1. The molecule has 0 bridgehead atoms. The Kier molecular flexibility index (Phi) is 4.24. The van der Waals surface area contributed by atoms with Crippen molar-refractivity contribution >= 4 is 44.2 Å². The Morgan fingerprint density at radius 1 is 1.16 bits per heavy atom. The second-order valence-corrected chi connectivity index (χ2v) is 9.06. The molecular weight excluding hydrogens is 456 g/mol. The van der Waals surface area contributed by atoms with E-state index >= 15 is 0 Å². The fraction of sp³-hybridized carbons (Fsp3) is 0.304. The van der Waals surface area contributed by atoms with Crippen molar-refractivity contribution in [2.24, 2.45) is 0 Å². The van der Waals surface area contributed by atoms with Crippen molar-refractivity contribution in [1.82, 2.24) is 24.5 Å². The fourth-order valence-electron chi connectivity index (χ4n) is 4.79. The number of carbonyl (C=O) groups excluding carboxylic acids is 1.